The number of likely N-dealkylation sites (tertiary alicyclic amines) is 1. The first-order valence-corrected chi connectivity index (χ1v) is 8.14. The molecule has 2 aliphatic heterocycles. The summed E-state index contributed by atoms with van der Waals surface area (Å²) in [6, 6.07) is 7.95. The van der Waals surface area contributed by atoms with Gasteiger partial charge in [-0.05, 0) is 55.6 Å². The number of benzene rings is 1. The number of rotatable bonds is 7. The van der Waals surface area contributed by atoms with E-state index >= 15 is 0 Å². The molecule has 0 aromatic heterocycles. The lowest BCUT2D eigenvalue weighted by Crippen LogP contribution is -2.29. The van der Waals surface area contributed by atoms with Crippen LogP contribution in [0.2, 0.25) is 0 Å². The molecule has 0 amide bonds. The molecule has 2 unspecified atom stereocenters. The molecule has 4 heteroatoms. The van der Waals surface area contributed by atoms with E-state index in [-0.39, 0.29) is 0 Å². The Balaban J connectivity index is 1.37. The lowest BCUT2D eigenvalue weighted by atomic mass is 10.0. The van der Waals surface area contributed by atoms with E-state index in [0.717, 1.165) is 49.5 Å². The minimum absolute atomic E-state index is 0.766. The topological polar surface area (TPSA) is 33.7 Å². The highest BCUT2D eigenvalue weighted by Gasteiger charge is 2.35. The van der Waals surface area contributed by atoms with Gasteiger partial charge in [-0.2, -0.15) is 0 Å². The van der Waals surface area contributed by atoms with Gasteiger partial charge < -0.3 is 14.8 Å². The molecule has 2 aliphatic rings. The molecule has 2 heterocycles. The van der Waals surface area contributed by atoms with Crippen molar-refractivity contribution in [1.82, 2.24) is 10.2 Å². The summed E-state index contributed by atoms with van der Waals surface area (Å²) in [5.74, 6) is 3.57. The molecule has 21 heavy (non-hydrogen) atoms. The second-order valence-electron chi connectivity index (χ2n) is 6.11. The van der Waals surface area contributed by atoms with Crippen molar-refractivity contribution in [1.29, 1.82) is 0 Å². The molecule has 2 fully saturated rings. The van der Waals surface area contributed by atoms with Gasteiger partial charge in [0.15, 0.2) is 0 Å². The molecule has 1 aromatic carbocycles. The zero-order chi connectivity index (χ0) is 14.5. The van der Waals surface area contributed by atoms with E-state index in [1.165, 1.54) is 26.2 Å². The van der Waals surface area contributed by atoms with Crippen molar-refractivity contribution in [2.45, 2.75) is 13.3 Å². The van der Waals surface area contributed by atoms with Crippen LogP contribution < -0.4 is 14.8 Å². The Morgan fingerprint density at radius 2 is 1.57 bits per heavy atom. The van der Waals surface area contributed by atoms with Crippen molar-refractivity contribution in [3.05, 3.63) is 24.3 Å². The molecule has 4 nitrogen and oxygen atoms in total. The Kier molecular flexibility index (Phi) is 4.99. The smallest absolute Gasteiger partial charge is 0.119 e. The molecule has 0 spiro atoms. The largest absolute Gasteiger partial charge is 0.494 e. The third-order valence-electron chi connectivity index (χ3n) is 4.44. The fourth-order valence-corrected chi connectivity index (χ4v) is 3.28. The molecule has 2 saturated heterocycles. The zero-order valence-corrected chi connectivity index (χ0v) is 12.9. The molecule has 1 N–H and O–H groups in total. The second kappa shape index (κ2) is 7.14. The number of ether oxygens (including phenoxy) is 2. The summed E-state index contributed by atoms with van der Waals surface area (Å²) in [6.07, 6.45) is 1.03. The highest BCUT2D eigenvalue weighted by atomic mass is 16.5. The summed E-state index contributed by atoms with van der Waals surface area (Å²) >= 11 is 0. The fraction of sp³-hybridized carbons (Fsp3) is 0.647. The van der Waals surface area contributed by atoms with Crippen molar-refractivity contribution >= 4 is 0 Å². The van der Waals surface area contributed by atoms with Crippen LogP contribution in [0.5, 0.6) is 11.5 Å². The van der Waals surface area contributed by atoms with Crippen LogP contribution >= 0.6 is 0 Å². The van der Waals surface area contributed by atoms with Crippen LogP contribution in [0, 0.1) is 11.8 Å². The predicted octanol–water partition coefficient (Wildman–Crippen LogP) is 2.01. The summed E-state index contributed by atoms with van der Waals surface area (Å²) in [7, 11) is 0. The summed E-state index contributed by atoms with van der Waals surface area (Å²) in [4.78, 5) is 2.54. The van der Waals surface area contributed by atoms with Gasteiger partial charge in [-0.1, -0.05) is 6.92 Å². The Morgan fingerprint density at radius 3 is 2.14 bits per heavy atom. The first-order chi connectivity index (χ1) is 10.3. The zero-order valence-electron chi connectivity index (χ0n) is 12.9. The monoisotopic (exact) mass is 290 g/mol. The maximum Gasteiger partial charge on any atom is 0.119 e. The Morgan fingerprint density at radius 1 is 1.00 bits per heavy atom. The van der Waals surface area contributed by atoms with Crippen LogP contribution in [0.4, 0.5) is 0 Å². The highest BCUT2D eigenvalue weighted by Crippen LogP contribution is 2.26. The second-order valence-corrected chi connectivity index (χ2v) is 6.11. The number of fused-ring (bicyclic) bond motifs is 1. The molecule has 1 aromatic rings. The average Bonchev–Trinajstić information content (AvgIpc) is 3.08. The molecule has 3 rings (SSSR count). The molecule has 0 bridgehead atoms. The van der Waals surface area contributed by atoms with Crippen LogP contribution in [-0.4, -0.2) is 50.8 Å². The Labute approximate surface area is 127 Å². The number of nitrogens with zero attached hydrogens (tertiary/aromatic N) is 1. The normalized spacial score (nSPS) is 25.0. The van der Waals surface area contributed by atoms with Crippen LogP contribution in [0.15, 0.2) is 24.3 Å². The average molecular weight is 290 g/mol. The van der Waals surface area contributed by atoms with Crippen LogP contribution in [0.1, 0.15) is 13.3 Å². The third-order valence-corrected chi connectivity index (χ3v) is 4.44. The van der Waals surface area contributed by atoms with Crippen molar-refractivity contribution in [2.24, 2.45) is 11.8 Å². The molecule has 2 atom stereocenters. The van der Waals surface area contributed by atoms with Crippen molar-refractivity contribution < 1.29 is 9.47 Å². The third kappa shape index (κ3) is 3.89. The van der Waals surface area contributed by atoms with E-state index in [1.54, 1.807) is 0 Å². The maximum atomic E-state index is 5.84. The first-order valence-electron chi connectivity index (χ1n) is 8.14. The standard InChI is InChI=1S/C17H26N2O2/c1-2-8-20-16-3-5-17(6-4-16)21-9-7-19-12-14-10-18-11-15(14)13-19/h3-6,14-15,18H,2,7-13H2,1H3. The van der Waals surface area contributed by atoms with Gasteiger partial charge in [-0.15, -0.1) is 0 Å². The molecular formula is C17H26N2O2. The van der Waals surface area contributed by atoms with Crippen molar-refractivity contribution in [2.75, 3.05) is 45.9 Å². The SMILES string of the molecule is CCCOc1ccc(OCCN2CC3CNCC3C2)cc1. The molecule has 0 saturated carbocycles. The van der Waals surface area contributed by atoms with Gasteiger partial charge in [0.25, 0.3) is 0 Å². The minimum Gasteiger partial charge on any atom is -0.494 e. The lowest BCUT2D eigenvalue weighted by Gasteiger charge is -2.17. The molecule has 0 aliphatic carbocycles. The van der Waals surface area contributed by atoms with Gasteiger partial charge in [0.1, 0.15) is 18.1 Å². The van der Waals surface area contributed by atoms with Crippen LogP contribution in [0.3, 0.4) is 0 Å². The Hall–Kier alpha value is -1.26. The summed E-state index contributed by atoms with van der Waals surface area (Å²) < 4.78 is 11.4. The lowest BCUT2D eigenvalue weighted by molar-refractivity contribution is 0.228. The molecule has 116 valence electrons. The number of nitrogens with one attached hydrogen (secondary N) is 1. The van der Waals surface area contributed by atoms with E-state index in [0.29, 0.717) is 0 Å². The first kappa shape index (κ1) is 14.7. The van der Waals surface area contributed by atoms with Gasteiger partial charge in [-0.25, -0.2) is 0 Å². The highest BCUT2D eigenvalue weighted by molar-refractivity contribution is 5.31. The quantitative estimate of drug-likeness (QED) is 0.833. The van der Waals surface area contributed by atoms with Gasteiger partial charge in [0.05, 0.1) is 6.61 Å². The van der Waals surface area contributed by atoms with Crippen LogP contribution in [-0.2, 0) is 0 Å². The number of hydrogen-bond acceptors (Lipinski definition) is 4. The van der Waals surface area contributed by atoms with Gasteiger partial charge in [-0.3, -0.25) is 4.90 Å². The van der Waals surface area contributed by atoms with Crippen molar-refractivity contribution in [3.8, 4) is 11.5 Å². The van der Waals surface area contributed by atoms with E-state index in [9.17, 15) is 0 Å². The maximum absolute atomic E-state index is 5.84. The van der Waals surface area contributed by atoms with E-state index in [4.69, 9.17) is 9.47 Å². The van der Waals surface area contributed by atoms with E-state index in [1.807, 2.05) is 24.3 Å². The van der Waals surface area contributed by atoms with Crippen molar-refractivity contribution in [3.63, 3.8) is 0 Å². The fourth-order valence-electron chi connectivity index (χ4n) is 3.28. The van der Waals surface area contributed by atoms with Gasteiger partial charge in [0.2, 0.25) is 0 Å². The minimum atomic E-state index is 0.766. The summed E-state index contributed by atoms with van der Waals surface area (Å²) in [5, 5.41) is 3.48. The summed E-state index contributed by atoms with van der Waals surface area (Å²) in [6.45, 7) is 9.52. The summed E-state index contributed by atoms with van der Waals surface area (Å²) in [5.41, 5.74) is 0. The van der Waals surface area contributed by atoms with Gasteiger partial charge in [0, 0.05) is 19.6 Å². The van der Waals surface area contributed by atoms with Gasteiger partial charge >= 0.3 is 0 Å². The van der Waals surface area contributed by atoms with Crippen LogP contribution in [0.25, 0.3) is 0 Å². The predicted molar refractivity (Wildman–Crippen MR) is 84.0 cm³/mol. The van der Waals surface area contributed by atoms with E-state index < -0.39 is 0 Å². The number of hydrogen-bond donors (Lipinski definition) is 1. The molecular weight excluding hydrogens is 264 g/mol. The Bertz CT molecular complexity index is 423. The molecule has 0 radical (unpaired) electrons. The van der Waals surface area contributed by atoms with E-state index in [2.05, 4.69) is 17.1 Å².